The van der Waals surface area contributed by atoms with Crippen LogP contribution in [0.15, 0.2) is 0 Å². The van der Waals surface area contributed by atoms with Crippen molar-refractivity contribution >= 4 is 5.97 Å². The highest BCUT2D eigenvalue weighted by atomic mass is 16.5. The van der Waals surface area contributed by atoms with E-state index >= 15 is 0 Å². The van der Waals surface area contributed by atoms with Crippen LogP contribution in [0.25, 0.3) is 0 Å². The summed E-state index contributed by atoms with van der Waals surface area (Å²) in [5.74, 6) is 0.614. The number of hydrogen-bond donors (Lipinski definition) is 0. The number of hydrogen-bond acceptors (Lipinski definition) is 3. The quantitative estimate of drug-likeness (QED) is 0.522. The summed E-state index contributed by atoms with van der Waals surface area (Å²) in [4.78, 5) is 13.7. The van der Waals surface area contributed by atoms with Crippen LogP contribution in [0.5, 0.6) is 0 Å². The summed E-state index contributed by atoms with van der Waals surface area (Å²) in [5, 5.41) is 0. The molecular formula is C10H17NO2. The number of carbonyl (C=O) groups is 1. The molecule has 13 heavy (non-hydrogen) atoms. The molecule has 2 fully saturated rings. The topological polar surface area (TPSA) is 29.5 Å². The molecule has 2 rings (SSSR count). The summed E-state index contributed by atoms with van der Waals surface area (Å²) in [6.45, 7) is 9.11. The highest BCUT2D eigenvalue weighted by Gasteiger charge is 2.46. The summed E-state index contributed by atoms with van der Waals surface area (Å²) >= 11 is 0. The molecule has 2 aliphatic rings. The normalized spacial score (nSPS) is 34.8. The minimum absolute atomic E-state index is 0.0109. The van der Waals surface area contributed by atoms with E-state index in [0.717, 1.165) is 13.1 Å². The van der Waals surface area contributed by atoms with E-state index < -0.39 is 0 Å². The third kappa shape index (κ3) is 1.46. The molecule has 0 bridgehead atoms. The van der Waals surface area contributed by atoms with Gasteiger partial charge in [-0.2, -0.15) is 0 Å². The maximum absolute atomic E-state index is 11.3. The molecular weight excluding hydrogens is 166 g/mol. The minimum atomic E-state index is 0.0109. The maximum Gasteiger partial charge on any atom is 0.310 e. The van der Waals surface area contributed by atoms with E-state index in [-0.39, 0.29) is 17.4 Å². The monoisotopic (exact) mass is 183 g/mol. The van der Waals surface area contributed by atoms with Crippen molar-refractivity contribution in [3.05, 3.63) is 0 Å². The van der Waals surface area contributed by atoms with Crippen molar-refractivity contribution in [3.8, 4) is 0 Å². The predicted octanol–water partition coefficient (Wildman–Crippen LogP) is 0.890. The Balaban J connectivity index is 2.07. The Bertz CT molecular complexity index is 232. The van der Waals surface area contributed by atoms with Gasteiger partial charge in [-0.1, -0.05) is 0 Å². The van der Waals surface area contributed by atoms with Crippen molar-refractivity contribution in [1.29, 1.82) is 0 Å². The molecule has 0 spiro atoms. The zero-order chi connectivity index (χ0) is 9.64. The summed E-state index contributed by atoms with van der Waals surface area (Å²) in [6.07, 6.45) is 0. The molecule has 3 heteroatoms. The average Bonchev–Trinajstić information content (AvgIpc) is 2.51. The van der Waals surface area contributed by atoms with Crippen LogP contribution in [-0.4, -0.2) is 36.1 Å². The summed E-state index contributed by atoms with van der Waals surface area (Å²) in [5.41, 5.74) is 0.185. The lowest BCUT2D eigenvalue weighted by Gasteiger charge is -2.32. The lowest BCUT2D eigenvalue weighted by atomic mass is 10.0. The van der Waals surface area contributed by atoms with Gasteiger partial charge in [0.1, 0.15) is 0 Å². The minimum Gasteiger partial charge on any atom is -0.465 e. The van der Waals surface area contributed by atoms with Crippen LogP contribution in [0.4, 0.5) is 0 Å². The number of ether oxygens (including phenoxy) is 1. The fraction of sp³-hybridized carbons (Fsp3) is 0.900. The van der Waals surface area contributed by atoms with Gasteiger partial charge >= 0.3 is 5.97 Å². The highest BCUT2D eigenvalue weighted by Crippen LogP contribution is 2.33. The molecule has 2 saturated heterocycles. The number of carbonyl (C=O) groups excluding carboxylic acids is 1. The first-order chi connectivity index (χ1) is 5.98. The number of likely N-dealkylation sites (tertiary alicyclic amines) is 1. The molecule has 0 amide bonds. The van der Waals surface area contributed by atoms with Crippen molar-refractivity contribution in [2.24, 2.45) is 11.8 Å². The second-order valence-corrected chi connectivity index (χ2v) is 5.07. The number of rotatable bonds is 0. The Morgan fingerprint density at radius 1 is 1.38 bits per heavy atom. The van der Waals surface area contributed by atoms with Gasteiger partial charge in [-0.15, -0.1) is 0 Å². The lowest BCUT2D eigenvalue weighted by molar-refractivity contribution is -0.141. The molecule has 0 radical (unpaired) electrons. The molecule has 3 nitrogen and oxygen atoms in total. The van der Waals surface area contributed by atoms with Crippen molar-refractivity contribution in [3.63, 3.8) is 0 Å². The molecule has 2 unspecified atom stereocenters. The second kappa shape index (κ2) is 2.71. The van der Waals surface area contributed by atoms with Crippen LogP contribution in [-0.2, 0) is 9.53 Å². The second-order valence-electron chi connectivity index (χ2n) is 5.07. The van der Waals surface area contributed by atoms with E-state index in [4.69, 9.17) is 4.74 Å². The molecule has 2 heterocycles. The van der Waals surface area contributed by atoms with Gasteiger partial charge in [0.05, 0.1) is 12.5 Å². The van der Waals surface area contributed by atoms with Gasteiger partial charge in [0, 0.05) is 24.5 Å². The number of fused-ring (bicyclic) bond motifs is 1. The van der Waals surface area contributed by atoms with Crippen LogP contribution in [0, 0.1) is 11.8 Å². The molecule has 2 atom stereocenters. The van der Waals surface area contributed by atoms with E-state index in [9.17, 15) is 4.79 Å². The largest absolute Gasteiger partial charge is 0.465 e. The first-order valence-corrected chi connectivity index (χ1v) is 4.90. The molecule has 0 aromatic rings. The SMILES string of the molecule is CC(C)(C)N1CC2COC(=O)C2C1. The van der Waals surface area contributed by atoms with E-state index in [1.54, 1.807) is 0 Å². The molecule has 74 valence electrons. The molecule has 0 aliphatic carbocycles. The van der Waals surface area contributed by atoms with Gasteiger partial charge in [0.15, 0.2) is 0 Å². The zero-order valence-electron chi connectivity index (χ0n) is 8.54. The maximum atomic E-state index is 11.3. The van der Waals surface area contributed by atoms with Gasteiger partial charge < -0.3 is 4.74 Å². The van der Waals surface area contributed by atoms with Crippen LogP contribution < -0.4 is 0 Å². The van der Waals surface area contributed by atoms with Crippen LogP contribution >= 0.6 is 0 Å². The van der Waals surface area contributed by atoms with Crippen molar-refractivity contribution in [2.45, 2.75) is 26.3 Å². The molecule has 2 aliphatic heterocycles. The highest BCUT2D eigenvalue weighted by molar-refractivity contribution is 5.75. The molecule has 0 N–H and O–H groups in total. The third-order valence-corrected chi connectivity index (χ3v) is 3.13. The van der Waals surface area contributed by atoms with Gasteiger partial charge in [-0.25, -0.2) is 0 Å². The van der Waals surface area contributed by atoms with Crippen molar-refractivity contribution in [2.75, 3.05) is 19.7 Å². The Morgan fingerprint density at radius 2 is 2.08 bits per heavy atom. The lowest BCUT2D eigenvalue weighted by Crippen LogP contribution is -2.40. The smallest absolute Gasteiger partial charge is 0.310 e. The standard InChI is InChI=1S/C10H17NO2/c1-10(2,3)11-4-7-6-13-9(12)8(7)5-11/h7-8H,4-6H2,1-3H3. The van der Waals surface area contributed by atoms with Crippen LogP contribution in [0.1, 0.15) is 20.8 Å². The zero-order valence-corrected chi connectivity index (χ0v) is 8.54. The Labute approximate surface area is 79.0 Å². The molecule has 0 aromatic carbocycles. The van der Waals surface area contributed by atoms with Crippen LogP contribution in [0.3, 0.4) is 0 Å². The fourth-order valence-electron chi connectivity index (χ4n) is 2.15. The van der Waals surface area contributed by atoms with E-state index in [2.05, 4.69) is 25.7 Å². The van der Waals surface area contributed by atoms with Gasteiger partial charge in [0.2, 0.25) is 0 Å². The summed E-state index contributed by atoms with van der Waals surface area (Å²) in [6, 6.07) is 0. The Kier molecular flexibility index (Phi) is 1.88. The van der Waals surface area contributed by atoms with Crippen LogP contribution in [0.2, 0.25) is 0 Å². The first-order valence-electron chi connectivity index (χ1n) is 4.90. The Hall–Kier alpha value is -0.570. The van der Waals surface area contributed by atoms with Crippen molar-refractivity contribution in [1.82, 2.24) is 4.90 Å². The molecule has 0 saturated carbocycles. The number of esters is 1. The van der Waals surface area contributed by atoms with E-state index in [1.165, 1.54) is 0 Å². The van der Waals surface area contributed by atoms with Gasteiger partial charge in [-0.05, 0) is 20.8 Å². The average molecular weight is 183 g/mol. The number of nitrogens with zero attached hydrogens (tertiary/aromatic N) is 1. The fourth-order valence-corrected chi connectivity index (χ4v) is 2.15. The molecule has 0 aromatic heterocycles. The Morgan fingerprint density at radius 3 is 2.62 bits per heavy atom. The third-order valence-electron chi connectivity index (χ3n) is 3.13. The summed E-state index contributed by atoms with van der Waals surface area (Å²) < 4.78 is 5.02. The summed E-state index contributed by atoms with van der Waals surface area (Å²) in [7, 11) is 0. The number of cyclic esters (lactones) is 1. The predicted molar refractivity (Wildman–Crippen MR) is 49.3 cm³/mol. The van der Waals surface area contributed by atoms with Gasteiger partial charge in [-0.3, -0.25) is 9.69 Å². The van der Waals surface area contributed by atoms with Crippen molar-refractivity contribution < 1.29 is 9.53 Å². The first kappa shape index (κ1) is 9.00. The van der Waals surface area contributed by atoms with E-state index in [0.29, 0.717) is 12.5 Å². The van der Waals surface area contributed by atoms with Gasteiger partial charge in [0.25, 0.3) is 0 Å². The van der Waals surface area contributed by atoms with E-state index in [1.807, 2.05) is 0 Å².